The predicted octanol–water partition coefficient (Wildman–Crippen LogP) is 1.32. The zero-order valence-corrected chi connectivity index (χ0v) is 12.6. The van der Waals surface area contributed by atoms with E-state index in [1.54, 1.807) is 18.2 Å². The molecule has 4 heterocycles. The standard InChI is InChI=1S/C15H14FN7O/c16-10-4-7-22(9-10)13-3-2-12-19-8-11(23(12)21-13)14(24)20-15-17-5-1-6-18-15/h1-3,5-6,8,10H,4,7,9H2,(H,17,18,20,24). The van der Waals surface area contributed by atoms with Crippen molar-refractivity contribution in [2.24, 2.45) is 0 Å². The van der Waals surface area contributed by atoms with Gasteiger partial charge in [-0.05, 0) is 24.6 Å². The van der Waals surface area contributed by atoms with Crippen molar-refractivity contribution in [3.05, 3.63) is 42.5 Å². The third-order valence-electron chi connectivity index (χ3n) is 3.83. The van der Waals surface area contributed by atoms with Crippen LogP contribution in [0.3, 0.4) is 0 Å². The fourth-order valence-electron chi connectivity index (χ4n) is 2.64. The van der Waals surface area contributed by atoms with Crippen LogP contribution in [0.4, 0.5) is 16.2 Å². The van der Waals surface area contributed by atoms with Crippen molar-refractivity contribution in [2.45, 2.75) is 12.6 Å². The number of carbonyl (C=O) groups is 1. The number of anilines is 2. The van der Waals surface area contributed by atoms with E-state index in [0.717, 1.165) is 0 Å². The van der Waals surface area contributed by atoms with Gasteiger partial charge in [0.05, 0.1) is 12.7 Å². The van der Waals surface area contributed by atoms with E-state index in [1.165, 1.54) is 23.1 Å². The Bertz CT molecular complexity index is 882. The largest absolute Gasteiger partial charge is 0.352 e. The average molecular weight is 327 g/mol. The molecule has 1 atom stereocenters. The summed E-state index contributed by atoms with van der Waals surface area (Å²) in [7, 11) is 0. The number of nitrogens with one attached hydrogen (secondary N) is 1. The summed E-state index contributed by atoms with van der Waals surface area (Å²) in [4.78, 5) is 26.3. The number of halogens is 1. The first kappa shape index (κ1) is 14.5. The second-order valence-electron chi connectivity index (χ2n) is 5.46. The Morgan fingerprint density at radius 3 is 2.83 bits per heavy atom. The Hall–Kier alpha value is -3.10. The molecule has 0 bridgehead atoms. The minimum atomic E-state index is -0.844. The molecule has 122 valence electrons. The summed E-state index contributed by atoms with van der Waals surface area (Å²) >= 11 is 0. The molecule has 0 spiro atoms. The average Bonchev–Trinajstić information content (AvgIpc) is 3.21. The molecule has 1 amide bonds. The van der Waals surface area contributed by atoms with Crippen LogP contribution < -0.4 is 10.2 Å². The topological polar surface area (TPSA) is 88.3 Å². The number of carbonyl (C=O) groups excluding carboxylic acids is 1. The van der Waals surface area contributed by atoms with Gasteiger partial charge in [0, 0.05) is 18.9 Å². The fraction of sp³-hybridized carbons (Fsp3) is 0.267. The van der Waals surface area contributed by atoms with Crippen LogP contribution in [0.2, 0.25) is 0 Å². The van der Waals surface area contributed by atoms with Gasteiger partial charge in [-0.25, -0.2) is 23.9 Å². The molecule has 0 aromatic carbocycles. The lowest BCUT2D eigenvalue weighted by Gasteiger charge is -2.16. The van der Waals surface area contributed by atoms with Crippen LogP contribution in [-0.2, 0) is 0 Å². The molecule has 1 unspecified atom stereocenters. The Kier molecular flexibility index (Phi) is 3.52. The maximum atomic E-state index is 13.4. The SMILES string of the molecule is O=C(Nc1ncccn1)c1cnc2ccc(N3CCC(F)C3)nn12. The maximum absolute atomic E-state index is 13.4. The molecule has 9 heteroatoms. The van der Waals surface area contributed by atoms with Gasteiger partial charge < -0.3 is 4.90 Å². The van der Waals surface area contributed by atoms with Crippen molar-refractivity contribution in [2.75, 3.05) is 23.3 Å². The molecule has 4 rings (SSSR count). The number of nitrogens with zero attached hydrogens (tertiary/aromatic N) is 6. The lowest BCUT2D eigenvalue weighted by Crippen LogP contribution is -2.23. The van der Waals surface area contributed by atoms with Crippen LogP contribution in [0.25, 0.3) is 5.65 Å². The van der Waals surface area contributed by atoms with Gasteiger partial charge in [0.1, 0.15) is 12.0 Å². The molecule has 8 nitrogen and oxygen atoms in total. The molecular formula is C15H14FN7O. The Labute approximate surface area is 136 Å². The highest BCUT2D eigenvalue weighted by atomic mass is 19.1. The van der Waals surface area contributed by atoms with E-state index in [2.05, 4.69) is 25.4 Å². The van der Waals surface area contributed by atoms with Gasteiger partial charge in [0.2, 0.25) is 5.95 Å². The van der Waals surface area contributed by atoms with E-state index in [-0.39, 0.29) is 11.6 Å². The molecule has 1 N–H and O–H groups in total. The van der Waals surface area contributed by atoms with Crippen LogP contribution >= 0.6 is 0 Å². The first-order chi connectivity index (χ1) is 11.7. The maximum Gasteiger partial charge on any atom is 0.278 e. The Morgan fingerprint density at radius 1 is 1.25 bits per heavy atom. The summed E-state index contributed by atoms with van der Waals surface area (Å²) in [6.45, 7) is 0.917. The first-order valence-electron chi connectivity index (χ1n) is 7.53. The van der Waals surface area contributed by atoms with Gasteiger partial charge in [0.15, 0.2) is 11.3 Å². The second kappa shape index (κ2) is 5.84. The monoisotopic (exact) mass is 327 g/mol. The quantitative estimate of drug-likeness (QED) is 0.780. The van der Waals surface area contributed by atoms with Gasteiger partial charge >= 0.3 is 0 Å². The third kappa shape index (κ3) is 2.64. The predicted molar refractivity (Wildman–Crippen MR) is 84.7 cm³/mol. The third-order valence-corrected chi connectivity index (χ3v) is 3.83. The molecule has 3 aromatic heterocycles. The molecule has 1 aliphatic rings. The smallest absolute Gasteiger partial charge is 0.278 e. The zero-order chi connectivity index (χ0) is 16.5. The normalized spacial score (nSPS) is 17.4. The second-order valence-corrected chi connectivity index (χ2v) is 5.46. The van der Waals surface area contributed by atoms with Gasteiger partial charge in [0.25, 0.3) is 5.91 Å². The molecule has 0 aliphatic carbocycles. The van der Waals surface area contributed by atoms with Crippen molar-refractivity contribution in [1.82, 2.24) is 24.6 Å². The minimum Gasteiger partial charge on any atom is -0.352 e. The van der Waals surface area contributed by atoms with Gasteiger partial charge in [-0.1, -0.05) is 0 Å². The zero-order valence-electron chi connectivity index (χ0n) is 12.6. The van der Waals surface area contributed by atoms with E-state index >= 15 is 0 Å². The van der Waals surface area contributed by atoms with E-state index in [0.29, 0.717) is 31.0 Å². The van der Waals surface area contributed by atoms with Gasteiger partial charge in [-0.3, -0.25) is 10.1 Å². The van der Waals surface area contributed by atoms with Crippen molar-refractivity contribution in [3.63, 3.8) is 0 Å². The number of imidazole rings is 1. The molecule has 1 aliphatic heterocycles. The van der Waals surface area contributed by atoms with Crippen LogP contribution in [0.5, 0.6) is 0 Å². The number of aromatic nitrogens is 5. The lowest BCUT2D eigenvalue weighted by atomic mass is 10.3. The van der Waals surface area contributed by atoms with Crippen LogP contribution in [0, 0.1) is 0 Å². The number of hydrogen-bond donors (Lipinski definition) is 1. The fourth-order valence-corrected chi connectivity index (χ4v) is 2.64. The summed E-state index contributed by atoms with van der Waals surface area (Å²) in [6.07, 6.45) is 4.15. The molecule has 24 heavy (non-hydrogen) atoms. The number of rotatable bonds is 3. The number of alkyl halides is 1. The van der Waals surface area contributed by atoms with Crippen molar-refractivity contribution >= 4 is 23.3 Å². The number of hydrogen-bond acceptors (Lipinski definition) is 6. The van der Waals surface area contributed by atoms with Gasteiger partial charge in [-0.15, -0.1) is 5.10 Å². The number of fused-ring (bicyclic) bond motifs is 1. The van der Waals surface area contributed by atoms with Crippen LogP contribution in [0.1, 0.15) is 16.9 Å². The highest BCUT2D eigenvalue weighted by molar-refractivity contribution is 6.02. The molecule has 1 fully saturated rings. The highest BCUT2D eigenvalue weighted by Crippen LogP contribution is 2.20. The summed E-state index contributed by atoms with van der Waals surface area (Å²) in [5.41, 5.74) is 0.796. The van der Waals surface area contributed by atoms with E-state index in [4.69, 9.17) is 0 Å². The highest BCUT2D eigenvalue weighted by Gasteiger charge is 2.24. The molecule has 0 saturated carbocycles. The van der Waals surface area contributed by atoms with E-state index in [9.17, 15) is 9.18 Å². The Morgan fingerprint density at radius 2 is 2.08 bits per heavy atom. The van der Waals surface area contributed by atoms with Crippen LogP contribution in [-0.4, -0.2) is 49.7 Å². The van der Waals surface area contributed by atoms with Crippen molar-refractivity contribution in [1.29, 1.82) is 0 Å². The molecule has 3 aromatic rings. The summed E-state index contributed by atoms with van der Waals surface area (Å²) in [5, 5.41) is 7.02. The molecule has 1 saturated heterocycles. The summed E-state index contributed by atoms with van der Waals surface area (Å²) in [6, 6.07) is 5.19. The van der Waals surface area contributed by atoms with E-state index in [1.807, 2.05) is 4.90 Å². The molecular weight excluding hydrogens is 313 g/mol. The molecule has 0 radical (unpaired) electrons. The van der Waals surface area contributed by atoms with E-state index < -0.39 is 12.1 Å². The number of amides is 1. The van der Waals surface area contributed by atoms with Crippen molar-refractivity contribution in [3.8, 4) is 0 Å². The minimum absolute atomic E-state index is 0.202. The van der Waals surface area contributed by atoms with Crippen LogP contribution in [0.15, 0.2) is 36.8 Å². The van der Waals surface area contributed by atoms with Gasteiger partial charge in [-0.2, -0.15) is 0 Å². The Balaban J connectivity index is 1.64. The summed E-state index contributed by atoms with van der Waals surface area (Å²) in [5.74, 6) is 0.405. The van der Waals surface area contributed by atoms with Crippen molar-refractivity contribution < 1.29 is 9.18 Å². The first-order valence-corrected chi connectivity index (χ1v) is 7.53. The lowest BCUT2D eigenvalue weighted by molar-refractivity contribution is 0.101. The summed E-state index contributed by atoms with van der Waals surface area (Å²) < 4.78 is 14.8.